The highest BCUT2D eigenvalue weighted by Crippen LogP contribution is 2.14. The third kappa shape index (κ3) is 4.64. The Balaban J connectivity index is 2.09. The third-order valence-electron chi connectivity index (χ3n) is 3.61. The van der Waals surface area contributed by atoms with E-state index in [9.17, 15) is 8.42 Å². The van der Waals surface area contributed by atoms with Crippen molar-refractivity contribution in [3.8, 4) is 0 Å². The molecule has 1 aliphatic heterocycles. The first kappa shape index (κ1) is 16.2. The summed E-state index contributed by atoms with van der Waals surface area (Å²) in [5.74, 6) is 1.09. The quantitative estimate of drug-likeness (QED) is 0.890. The molecule has 1 aromatic rings. The minimum atomic E-state index is -2.90. The average molecular weight is 312 g/mol. The van der Waals surface area contributed by atoms with E-state index in [2.05, 4.69) is 29.1 Å². The van der Waals surface area contributed by atoms with Crippen LogP contribution >= 0.6 is 0 Å². The van der Waals surface area contributed by atoms with E-state index in [0.717, 1.165) is 17.8 Å². The van der Waals surface area contributed by atoms with Gasteiger partial charge in [0.2, 0.25) is 5.95 Å². The number of aryl methyl sites for hydroxylation is 1. The molecule has 1 aromatic heterocycles. The van der Waals surface area contributed by atoms with Crippen LogP contribution in [0, 0.1) is 6.92 Å². The molecule has 0 radical (unpaired) electrons. The molecule has 1 fully saturated rings. The van der Waals surface area contributed by atoms with Crippen LogP contribution in [0.2, 0.25) is 0 Å². The van der Waals surface area contributed by atoms with E-state index in [-0.39, 0.29) is 11.5 Å². The summed E-state index contributed by atoms with van der Waals surface area (Å²) in [6.45, 7) is 8.09. The van der Waals surface area contributed by atoms with E-state index in [1.807, 2.05) is 18.0 Å². The predicted molar refractivity (Wildman–Crippen MR) is 84.2 cm³/mol. The van der Waals surface area contributed by atoms with E-state index in [0.29, 0.717) is 31.5 Å². The molecule has 0 aromatic carbocycles. The number of rotatable bonds is 4. The largest absolute Gasteiger partial charge is 0.340 e. The Morgan fingerprint density at radius 1 is 1.33 bits per heavy atom. The van der Waals surface area contributed by atoms with Gasteiger partial charge in [-0.25, -0.2) is 18.4 Å². The van der Waals surface area contributed by atoms with Crippen molar-refractivity contribution in [1.82, 2.24) is 15.3 Å². The van der Waals surface area contributed by atoms with Crippen LogP contribution in [0.1, 0.15) is 31.5 Å². The highest BCUT2D eigenvalue weighted by molar-refractivity contribution is 7.91. The summed E-state index contributed by atoms with van der Waals surface area (Å²) >= 11 is 0. The maximum absolute atomic E-state index is 11.6. The Labute approximate surface area is 126 Å². The summed E-state index contributed by atoms with van der Waals surface area (Å²) in [4.78, 5) is 10.9. The van der Waals surface area contributed by atoms with Crippen LogP contribution in [-0.4, -0.2) is 49.0 Å². The van der Waals surface area contributed by atoms with Gasteiger partial charge in [0.1, 0.15) is 0 Å². The van der Waals surface area contributed by atoms with Crippen LogP contribution in [0.4, 0.5) is 5.95 Å². The molecule has 1 saturated heterocycles. The minimum absolute atomic E-state index is 0.187. The first-order valence-electron chi connectivity index (χ1n) is 7.38. The molecule has 0 unspecified atom stereocenters. The van der Waals surface area contributed by atoms with Gasteiger partial charge in [-0.3, -0.25) is 0 Å². The van der Waals surface area contributed by atoms with Crippen LogP contribution in [0.3, 0.4) is 0 Å². The van der Waals surface area contributed by atoms with Gasteiger partial charge in [0.05, 0.1) is 11.5 Å². The van der Waals surface area contributed by atoms with Crippen LogP contribution < -0.4 is 10.2 Å². The molecule has 1 N–H and O–H groups in total. The van der Waals surface area contributed by atoms with Gasteiger partial charge < -0.3 is 10.2 Å². The van der Waals surface area contributed by atoms with Crippen LogP contribution in [-0.2, 0) is 16.4 Å². The van der Waals surface area contributed by atoms with Gasteiger partial charge in [-0.1, -0.05) is 13.8 Å². The van der Waals surface area contributed by atoms with Crippen molar-refractivity contribution in [2.75, 3.05) is 29.5 Å². The summed E-state index contributed by atoms with van der Waals surface area (Å²) in [6, 6.07) is 0.417. The van der Waals surface area contributed by atoms with Crippen molar-refractivity contribution >= 4 is 15.8 Å². The highest BCUT2D eigenvalue weighted by atomic mass is 32.2. The van der Waals surface area contributed by atoms with Gasteiger partial charge in [-0.2, -0.15) is 0 Å². The summed E-state index contributed by atoms with van der Waals surface area (Å²) in [5.41, 5.74) is 2.02. The Morgan fingerprint density at radius 3 is 2.76 bits per heavy atom. The van der Waals surface area contributed by atoms with Crippen molar-refractivity contribution in [2.24, 2.45) is 0 Å². The maximum atomic E-state index is 11.6. The number of sulfone groups is 1. The van der Waals surface area contributed by atoms with Crippen molar-refractivity contribution < 1.29 is 8.42 Å². The second-order valence-electron chi connectivity index (χ2n) is 5.81. The van der Waals surface area contributed by atoms with Crippen molar-refractivity contribution in [1.29, 1.82) is 0 Å². The van der Waals surface area contributed by atoms with Crippen LogP contribution in [0.5, 0.6) is 0 Å². The van der Waals surface area contributed by atoms with Gasteiger partial charge in [-0.05, 0) is 13.3 Å². The van der Waals surface area contributed by atoms with E-state index in [1.54, 1.807) is 0 Å². The number of anilines is 1. The monoisotopic (exact) mass is 312 g/mol. The topological polar surface area (TPSA) is 75.2 Å². The molecule has 2 heterocycles. The fourth-order valence-electron chi connectivity index (χ4n) is 2.26. The average Bonchev–Trinajstić information content (AvgIpc) is 2.58. The predicted octanol–water partition coefficient (Wildman–Crippen LogP) is 0.908. The number of hydrogen-bond donors (Lipinski definition) is 1. The van der Waals surface area contributed by atoms with E-state index < -0.39 is 9.84 Å². The maximum Gasteiger partial charge on any atom is 0.225 e. The van der Waals surface area contributed by atoms with Crippen molar-refractivity contribution in [2.45, 2.75) is 39.8 Å². The van der Waals surface area contributed by atoms with Gasteiger partial charge in [0.15, 0.2) is 9.84 Å². The molecule has 0 atom stereocenters. The zero-order valence-electron chi connectivity index (χ0n) is 13.0. The summed E-state index contributed by atoms with van der Waals surface area (Å²) in [6.07, 6.45) is 2.48. The normalized spacial score (nSPS) is 18.8. The Kier molecular flexibility index (Phi) is 5.16. The molecule has 21 heavy (non-hydrogen) atoms. The van der Waals surface area contributed by atoms with Gasteiger partial charge in [-0.15, -0.1) is 0 Å². The molecule has 2 rings (SSSR count). The number of hydrogen-bond acceptors (Lipinski definition) is 6. The molecular weight excluding hydrogens is 288 g/mol. The summed E-state index contributed by atoms with van der Waals surface area (Å²) in [5, 5.41) is 3.35. The highest BCUT2D eigenvalue weighted by Gasteiger charge is 2.21. The zero-order valence-corrected chi connectivity index (χ0v) is 13.8. The van der Waals surface area contributed by atoms with E-state index >= 15 is 0 Å². The number of nitrogens with one attached hydrogen (secondary N) is 1. The lowest BCUT2D eigenvalue weighted by Crippen LogP contribution is -2.29. The lowest BCUT2D eigenvalue weighted by atomic mass is 10.2. The smallest absolute Gasteiger partial charge is 0.225 e. The van der Waals surface area contributed by atoms with Crippen molar-refractivity contribution in [3.63, 3.8) is 0 Å². The van der Waals surface area contributed by atoms with Crippen LogP contribution in [0.15, 0.2) is 6.20 Å². The number of nitrogens with zero attached hydrogens (tertiary/aromatic N) is 3. The molecule has 0 amide bonds. The molecule has 0 aliphatic carbocycles. The first-order chi connectivity index (χ1) is 9.87. The summed E-state index contributed by atoms with van der Waals surface area (Å²) < 4.78 is 23.3. The molecule has 0 saturated carbocycles. The van der Waals surface area contributed by atoms with E-state index in [4.69, 9.17) is 0 Å². The Morgan fingerprint density at radius 2 is 2.10 bits per heavy atom. The summed E-state index contributed by atoms with van der Waals surface area (Å²) in [7, 11) is -2.90. The standard InChI is InChI=1S/C14H24N4O2S/c1-11(2)15-9-13-10-16-14(17-12(13)3)18-5-4-7-21(19,20)8-6-18/h10-11,15H,4-9H2,1-3H3. The van der Waals surface area contributed by atoms with Gasteiger partial charge in [0, 0.05) is 43.1 Å². The van der Waals surface area contributed by atoms with Crippen LogP contribution in [0.25, 0.3) is 0 Å². The fraction of sp³-hybridized carbons (Fsp3) is 0.714. The van der Waals surface area contributed by atoms with Gasteiger partial charge in [0.25, 0.3) is 0 Å². The lowest BCUT2D eigenvalue weighted by Gasteiger charge is -2.20. The number of aromatic nitrogens is 2. The second kappa shape index (κ2) is 6.70. The fourth-order valence-corrected chi connectivity index (χ4v) is 3.53. The molecular formula is C14H24N4O2S. The first-order valence-corrected chi connectivity index (χ1v) is 9.21. The molecule has 0 bridgehead atoms. The SMILES string of the molecule is Cc1nc(N2CCCS(=O)(=O)CC2)ncc1CNC(C)C. The molecule has 0 spiro atoms. The molecule has 118 valence electrons. The van der Waals surface area contributed by atoms with E-state index in [1.165, 1.54) is 0 Å². The molecule has 6 nitrogen and oxygen atoms in total. The molecule has 1 aliphatic rings. The minimum Gasteiger partial charge on any atom is -0.340 e. The Hall–Kier alpha value is -1.21. The van der Waals surface area contributed by atoms with Crippen molar-refractivity contribution in [3.05, 3.63) is 17.5 Å². The second-order valence-corrected chi connectivity index (χ2v) is 8.11. The van der Waals surface area contributed by atoms with Gasteiger partial charge >= 0.3 is 0 Å². The Bertz CT molecular complexity index is 587. The molecule has 7 heteroatoms. The zero-order chi connectivity index (χ0) is 15.5. The third-order valence-corrected chi connectivity index (χ3v) is 5.32. The lowest BCUT2D eigenvalue weighted by molar-refractivity contribution is 0.584.